The largest absolute Gasteiger partial charge is 0.486 e. The molecule has 0 N–H and O–H groups in total. The second-order valence-electron chi connectivity index (χ2n) is 4.09. The number of hydrogen-bond donors (Lipinski definition) is 0. The smallest absolute Gasteiger partial charge is 0.132 e. The third-order valence-electron chi connectivity index (χ3n) is 2.72. The van der Waals surface area contributed by atoms with Crippen LogP contribution in [-0.2, 0) is 6.61 Å². The molecular formula is C15H18N2O. The summed E-state index contributed by atoms with van der Waals surface area (Å²) in [7, 11) is 0. The third-order valence-corrected chi connectivity index (χ3v) is 2.72. The monoisotopic (exact) mass is 242 g/mol. The van der Waals surface area contributed by atoms with Crippen molar-refractivity contribution in [2.75, 3.05) is 0 Å². The highest BCUT2D eigenvalue weighted by Crippen LogP contribution is 2.35. The number of ether oxygens (including phenoxy) is 1. The van der Waals surface area contributed by atoms with Crippen LogP contribution >= 0.6 is 0 Å². The van der Waals surface area contributed by atoms with Gasteiger partial charge in [-0.2, -0.15) is 0 Å². The molecule has 0 unspecified atom stereocenters. The van der Waals surface area contributed by atoms with Gasteiger partial charge in [0, 0.05) is 11.8 Å². The number of benzene rings is 1. The maximum absolute atomic E-state index is 5.68. The summed E-state index contributed by atoms with van der Waals surface area (Å²) in [6.07, 6.45) is 1.80. The fraction of sp³-hybridized carbons (Fsp3) is 0.333. The Morgan fingerprint density at radius 1 is 1.17 bits per heavy atom. The van der Waals surface area contributed by atoms with Crippen LogP contribution in [-0.4, -0.2) is 9.97 Å². The van der Waals surface area contributed by atoms with Crippen molar-refractivity contribution in [2.45, 2.75) is 34.3 Å². The molecule has 3 heteroatoms. The summed E-state index contributed by atoms with van der Waals surface area (Å²) in [4.78, 5) is 8.89. The van der Waals surface area contributed by atoms with Crippen molar-refractivity contribution in [3.63, 3.8) is 0 Å². The molecule has 3 nitrogen and oxygen atoms in total. The Bertz CT molecular complexity index is 513. The Kier molecular flexibility index (Phi) is 3.60. The zero-order chi connectivity index (χ0) is 13.1. The highest BCUT2D eigenvalue weighted by molar-refractivity contribution is 5.71. The molecule has 1 aromatic carbocycles. The number of fused-ring (bicyclic) bond motifs is 3. The summed E-state index contributed by atoms with van der Waals surface area (Å²) in [5.41, 5.74) is 5.04. The first-order chi connectivity index (χ1) is 8.74. The van der Waals surface area contributed by atoms with Gasteiger partial charge < -0.3 is 4.74 Å². The fourth-order valence-electron chi connectivity index (χ4n) is 1.94. The van der Waals surface area contributed by atoms with Crippen LogP contribution < -0.4 is 4.74 Å². The molecule has 1 aliphatic rings. The predicted octanol–water partition coefficient (Wildman–Crippen LogP) is 3.68. The highest BCUT2D eigenvalue weighted by Gasteiger charge is 2.19. The van der Waals surface area contributed by atoms with Crippen molar-refractivity contribution >= 4 is 0 Å². The van der Waals surface area contributed by atoms with Gasteiger partial charge in [-0.05, 0) is 31.5 Å². The number of nitrogens with zero attached hydrogens (tertiary/aromatic N) is 2. The summed E-state index contributed by atoms with van der Waals surface area (Å²) < 4.78 is 5.68. The molecule has 0 aliphatic carbocycles. The molecule has 0 fully saturated rings. The molecule has 0 radical (unpaired) electrons. The number of aryl methyl sites for hydroxylation is 2. The molecule has 0 bridgehead atoms. The van der Waals surface area contributed by atoms with E-state index in [0.717, 1.165) is 28.4 Å². The van der Waals surface area contributed by atoms with E-state index in [-0.39, 0.29) is 0 Å². The minimum Gasteiger partial charge on any atom is -0.486 e. The van der Waals surface area contributed by atoms with Crippen LogP contribution in [0.3, 0.4) is 0 Å². The van der Waals surface area contributed by atoms with Crippen molar-refractivity contribution < 1.29 is 4.74 Å². The molecule has 0 amide bonds. The molecule has 94 valence electrons. The van der Waals surface area contributed by atoms with Crippen molar-refractivity contribution in [2.24, 2.45) is 0 Å². The molecule has 0 saturated carbocycles. The van der Waals surface area contributed by atoms with Gasteiger partial charge in [0.2, 0.25) is 0 Å². The lowest BCUT2D eigenvalue weighted by Crippen LogP contribution is -2.10. The van der Waals surface area contributed by atoms with Gasteiger partial charge in [0.25, 0.3) is 0 Å². The van der Waals surface area contributed by atoms with Gasteiger partial charge in [0.1, 0.15) is 18.1 Å². The minimum absolute atomic E-state index is 0.514. The Morgan fingerprint density at radius 2 is 1.94 bits per heavy atom. The highest BCUT2D eigenvalue weighted by atomic mass is 16.5. The predicted molar refractivity (Wildman–Crippen MR) is 72.6 cm³/mol. The van der Waals surface area contributed by atoms with Gasteiger partial charge >= 0.3 is 0 Å². The number of aromatic nitrogens is 2. The summed E-state index contributed by atoms with van der Waals surface area (Å²) in [5.74, 6) is 0.908. The van der Waals surface area contributed by atoms with Crippen molar-refractivity contribution in [1.29, 1.82) is 0 Å². The van der Waals surface area contributed by atoms with E-state index in [0.29, 0.717) is 6.61 Å². The van der Waals surface area contributed by atoms with Gasteiger partial charge in [-0.1, -0.05) is 19.9 Å². The van der Waals surface area contributed by atoms with Gasteiger partial charge in [0.05, 0.1) is 11.4 Å². The van der Waals surface area contributed by atoms with Crippen LogP contribution in [0, 0.1) is 13.8 Å². The second kappa shape index (κ2) is 5.17. The standard InChI is InChI=1S/C13H12N2O.C2H6/c1-8-3-4-10-12(5-8)16-7-11-13(10)14-6-9(2)15-11;1-2/h3-6H,7H2,1-2H3;1-2H3. The van der Waals surface area contributed by atoms with E-state index in [2.05, 4.69) is 23.0 Å². The molecule has 3 rings (SSSR count). The molecule has 1 aromatic heterocycles. The topological polar surface area (TPSA) is 35.0 Å². The van der Waals surface area contributed by atoms with Crippen LogP contribution in [0.4, 0.5) is 0 Å². The molecule has 0 spiro atoms. The van der Waals surface area contributed by atoms with E-state index >= 15 is 0 Å². The summed E-state index contributed by atoms with van der Waals surface area (Å²) in [5, 5.41) is 0. The Hall–Kier alpha value is -1.90. The summed E-state index contributed by atoms with van der Waals surface area (Å²) >= 11 is 0. The molecule has 0 atom stereocenters. The van der Waals surface area contributed by atoms with E-state index in [4.69, 9.17) is 4.74 Å². The molecule has 0 saturated heterocycles. The average Bonchev–Trinajstić information content (AvgIpc) is 2.40. The normalized spacial score (nSPS) is 11.6. The van der Waals surface area contributed by atoms with E-state index in [1.165, 1.54) is 5.56 Å². The molecule has 1 aliphatic heterocycles. The molecule has 2 aromatic rings. The van der Waals surface area contributed by atoms with Crippen LogP contribution in [0.2, 0.25) is 0 Å². The van der Waals surface area contributed by atoms with Crippen molar-refractivity contribution in [3.8, 4) is 17.0 Å². The van der Waals surface area contributed by atoms with Crippen molar-refractivity contribution in [3.05, 3.63) is 41.3 Å². The molecular weight excluding hydrogens is 224 g/mol. The van der Waals surface area contributed by atoms with Gasteiger partial charge in [-0.15, -0.1) is 0 Å². The SMILES string of the molecule is CC.Cc1ccc2c(c1)OCc1nc(C)cnc1-2. The van der Waals surface area contributed by atoms with E-state index in [1.807, 2.05) is 32.9 Å². The third kappa shape index (κ3) is 2.21. The Labute approximate surface area is 108 Å². The summed E-state index contributed by atoms with van der Waals surface area (Å²) in [6.45, 7) is 8.51. The number of hydrogen-bond acceptors (Lipinski definition) is 3. The quantitative estimate of drug-likeness (QED) is 0.707. The Balaban J connectivity index is 0.000000574. The molecule has 2 heterocycles. The van der Waals surface area contributed by atoms with Gasteiger partial charge in [0.15, 0.2) is 0 Å². The van der Waals surface area contributed by atoms with Gasteiger partial charge in [-0.3, -0.25) is 9.97 Å². The first-order valence-corrected chi connectivity index (χ1v) is 6.30. The second-order valence-corrected chi connectivity index (χ2v) is 4.09. The first kappa shape index (κ1) is 12.6. The maximum Gasteiger partial charge on any atom is 0.132 e. The first-order valence-electron chi connectivity index (χ1n) is 6.30. The van der Waals surface area contributed by atoms with Crippen molar-refractivity contribution in [1.82, 2.24) is 9.97 Å². The van der Waals surface area contributed by atoms with Gasteiger partial charge in [-0.25, -0.2) is 0 Å². The maximum atomic E-state index is 5.68. The van der Waals surface area contributed by atoms with E-state index in [1.54, 1.807) is 6.20 Å². The lowest BCUT2D eigenvalue weighted by atomic mass is 10.0. The Morgan fingerprint density at radius 3 is 2.72 bits per heavy atom. The lowest BCUT2D eigenvalue weighted by molar-refractivity contribution is 0.295. The fourth-order valence-corrected chi connectivity index (χ4v) is 1.94. The van der Waals surface area contributed by atoms with Crippen LogP contribution in [0.5, 0.6) is 5.75 Å². The number of rotatable bonds is 0. The molecule has 18 heavy (non-hydrogen) atoms. The van der Waals surface area contributed by atoms with E-state index < -0.39 is 0 Å². The average molecular weight is 242 g/mol. The minimum atomic E-state index is 0.514. The zero-order valence-corrected chi connectivity index (χ0v) is 11.3. The lowest BCUT2D eigenvalue weighted by Gasteiger charge is -2.19. The van der Waals surface area contributed by atoms with E-state index in [9.17, 15) is 0 Å². The zero-order valence-electron chi connectivity index (χ0n) is 11.3. The van der Waals surface area contributed by atoms with Crippen LogP contribution in [0.15, 0.2) is 24.4 Å². The van der Waals surface area contributed by atoms with Crippen LogP contribution in [0.1, 0.15) is 30.8 Å². The van der Waals surface area contributed by atoms with Crippen LogP contribution in [0.25, 0.3) is 11.3 Å². The summed E-state index contributed by atoms with van der Waals surface area (Å²) in [6, 6.07) is 6.16.